The molecule has 2 aliphatic rings. The number of pyridine rings is 1. The molecule has 0 spiro atoms. The van der Waals surface area contributed by atoms with Crippen LogP contribution in [0, 0.1) is 0 Å². The lowest BCUT2D eigenvalue weighted by atomic mass is 10.0. The van der Waals surface area contributed by atoms with Crippen LogP contribution in [0.15, 0.2) is 12.1 Å². The first kappa shape index (κ1) is 18.5. The summed E-state index contributed by atoms with van der Waals surface area (Å²) >= 11 is 0. The number of alkyl halides is 1. The van der Waals surface area contributed by atoms with Crippen LogP contribution in [0.3, 0.4) is 0 Å². The minimum atomic E-state index is -0.625. The first-order valence-electron chi connectivity index (χ1n) is 7.33. The number of anilines is 1. The fourth-order valence-corrected chi connectivity index (χ4v) is 3.02. The maximum Gasteiger partial charge on any atom is 0.128 e. The third-order valence-corrected chi connectivity index (χ3v) is 4.23. The van der Waals surface area contributed by atoms with E-state index in [9.17, 15) is 4.39 Å². The van der Waals surface area contributed by atoms with Gasteiger partial charge < -0.3 is 10.2 Å². The van der Waals surface area contributed by atoms with E-state index in [0.717, 1.165) is 38.4 Å². The van der Waals surface area contributed by atoms with Gasteiger partial charge in [-0.25, -0.2) is 9.37 Å². The summed E-state index contributed by atoms with van der Waals surface area (Å²) in [6.07, 6.45) is 1.70. The highest BCUT2D eigenvalue weighted by Crippen LogP contribution is 2.26. The van der Waals surface area contributed by atoms with E-state index in [2.05, 4.69) is 29.3 Å². The lowest BCUT2D eigenvalue weighted by molar-refractivity contribution is 0.276. The average Bonchev–Trinajstić information content (AvgIpc) is 2.62. The molecule has 0 amide bonds. The molecular formula is C15H24Cl2FN3. The minimum Gasteiger partial charge on any atom is -0.356 e. The smallest absolute Gasteiger partial charge is 0.128 e. The Bertz CT molecular complexity index is 451. The molecule has 0 bridgehead atoms. The van der Waals surface area contributed by atoms with Crippen molar-refractivity contribution in [3.8, 4) is 0 Å². The Morgan fingerprint density at radius 2 is 1.95 bits per heavy atom. The standard InChI is InChI=1S/C15H22FN3.2ClH/c1-11-10-17-7-4-12-2-3-14(18-15(11)12)19-8-5-13(16)6-9-19;;/h2-3,11,13,17H,4-10H2,1H3;2*1H/t11-;;/m0../s1. The van der Waals surface area contributed by atoms with Crippen molar-refractivity contribution < 1.29 is 4.39 Å². The molecule has 0 saturated carbocycles. The van der Waals surface area contributed by atoms with Crippen LogP contribution in [0.4, 0.5) is 10.2 Å². The van der Waals surface area contributed by atoms with Crippen LogP contribution in [-0.4, -0.2) is 37.3 Å². The Balaban J connectivity index is 0.00000110. The van der Waals surface area contributed by atoms with Crippen molar-refractivity contribution in [3.05, 3.63) is 23.4 Å². The third kappa shape index (κ3) is 4.21. The molecule has 3 heterocycles. The summed E-state index contributed by atoms with van der Waals surface area (Å²) < 4.78 is 13.2. The number of rotatable bonds is 1. The zero-order chi connectivity index (χ0) is 13.2. The summed E-state index contributed by atoms with van der Waals surface area (Å²) in [5, 5.41) is 3.45. The summed E-state index contributed by atoms with van der Waals surface area (Å²) in [7, 11) is 0. The van der Waals surface area contributed by atoms with Gasteiger partial charge in [-0.3, -0.25) is 0 Å². The number of nitrogens with zero attached hydrogens (tertiary/aromatic N) is 2. The molecule has 1 atom stereocenters. The normalized spacial score (nSPS) is 22.6. The Morgan fingerprint density at radius 3 is 2.67 bits per heavy atom. The summed E-state index contributed by atoms with van der Waals surface area (Å²) in [6, 6.07) is 4.32. The first-order chi connectivity index (χ1) is 9.24. The Morgan fingerprint density at radius 1 is 1.24 bits per heavy atom. The quantitative estimate of drug-likeness (QED) is 0.854. The van der Waals surface area contributed by atoms with Gasteiger partial charge in [-0.15, -0.1) is 24.8 Å². The number of hydrogen-bond acceptors (Lipinski definition) is 3. The Kier molecular flexibility index (Phi) is 7.17. The lowest BCUT2D eigenvalue weighted by Gasteiger charge is -2.30. The SMILES string of the molecule is C[C@H]1CNCCc2ccc(N3CCC(F)CC3)nc21.Cl.Cl. The molecule has 2 aliphatic heterocycles. The van der Waals surface area contributed by atoms with Gasteiger partial charge in [0.1, 0.15) is 12.0 Å². The van der Waals surface area contributed by atoms with Gasteiger partial charge in [-0.1, -0.05) is 13.0 Å². The molecule has 1 fully saturated rings. The fourth-order valence-electron chi connectivity index (χ4n) is 3.02. The number of halogens is 3. The number of fused-ring (bicyclic) bond motifs is 1. The van der Waals surface area contributed by atoms with E-state index < -0.39 is 6.17 Å². The van der Waals surface area contributed by atoms with Crippen LogP contribution in [0.5, 0.6) is 0 Å². The van der Waals surface area contributed by atoms with Gasteiger partial charge in [0.2, 0.25) is 0 Å². The van der Waals surface area contributed by atoms with Gasteiger partial charge in [0.05, 0.1) is 5.69 Å². The van der Waals surface area contributed by atoms with Crippen LogP contribution in [0.2, 0.25) is 0 Å². The molecular weight excluding hydrogens is 312 g/mol. The van der Waals surface area contributed by atoms with E-state index in [-0.39, 0.29) is 24.8 Å². The van der Waals surface area contributed by atoms with Crippen molar-refractivity contribution in [1.29, 1.82) is 0 Å². The minimum absolute atomic E-state index is 0. The summed E-state index contributed by atoms with van der Waals surface area (Å²) in [4.78, 5) is 7.09. The van der Waals surface area contributed by atoms with Gasteiger partial charge in [-0.05, 0) is 37.4 Å². The lowest BCUT2D eigenvalue weighted by Crippen LogP contribution is -2.35. The average molecular weight is 336 g/mol. The largest absolute Gasteiger partial charge is 0.356 e. The summed E-state index contributed by atoms with van der Waals surface area (Å²) in [5.41, 5.74) is 2.59. The molecule has 1 aromatic rings. The molecule has 1 saturated heterocycles. The molecule has 0 aliphatic carbocycles. The number of aromatic nitrogens is 1. The van der Waals surface area contributed by atoms with Crippen molar-refractivity contribution in [2.75, 3.05) is 31.1 Å². The van der Waals surface area contributed by atoms with E-state index in [1.54, 1.807) is 0 Å². The van der Waals surface area contributed by atoms with Crippen molar-refractivity contribution in [2.45, 2.75) is 38.3 Å². The highest BCUT2D eigenvalue weighted by atomic mass is 35.5. The van der Waals surface area contributed by atoms with E-state index in [1.165, 1.54) is 11.3 Å². The molecule has 1 aromatic heterocycles. The van der Waals surface area contributed by atoms with Crippen molar-refractivity contribution in [1.82, 2.24) is 10.3 Å². The van der Waals surface area contributed by atoms with E-state index in [0.29, 0.717) is 18.8 Å². The highest BCUT2D eigenvalue weighted by molar-refractivity contribution is 5.85. The first-order valence-corrected chi connectivity index (χ1v) is 7.33. The molecule has 3 rings (SSSR count). The maximum absolute atomic E-state index is 13.2. The van der Waals surface area contributed by atoms with Crippen LogP contribution in [0.25, 0.3) is 0 Å². The number of nitrogens with one attached hydrogen (secondary N) is 1. The summed E-state index contributed by atoms with van der Waals surface area (Å²) in [6.45, 7) is 5.84. The zero-order valence-electron chi connectivity index (χ0n) is 12.3. The van der Waals surface area contributed by atoms with Gasteiger partial charge >= 0.3 is 0 Å². The monoisotopic (exact) mass is 335 g/mol. The van der Waals surface area contributed by atoms with Crippen LogP contribution in [-0.2, 0) is 6.42 Å². The Labute approximate surface area is 138 Å². The van der Waals surface area contributed by atoms with Crippen LogP contribution < -0.4 is 10.2 Å². The maximum atomic E-state index is 13.2. The van der Waals surface area contributed by atoms with E-state index in [4.69, 9.17) is 4.98 Å². The molecule has 3 nitrogen and oxygen atoms in total. The van der Waals surface area contributed by atoms with Gasteiger partial charge in [-0.2, -0.15) is 0 Å². The van der Waals surface area contributed by atoms with Crippen molar-refractivity contribution in [2.24, 2.45) is 0 Å². The van der Waals surface area contributed by atoms with Crippen molar-refractivity contribution >= 4 is 30.6 Å². The second kappa shape index (κ2) is 8.16. The predicted octanol–water partition coefficient (Wildman–Crippen LogP) is 3.11. The van der Waals surface area contributed by atoms with Crippen LogP contribution in [0.1, 0.15) is 36.9 Å². The summed E-state index contributed by atoms with van der Waals surface area (Å²) in [5.74, 6) is 1.48. The molecule has 0 aromatic carbocycles. The number of hydrogen-bond donors (Lipinski definition) is 1. The van der Waals surface area contributed by atoms with Gasteiger partial charge in [0.15, 0.2) is 0 Å². The molecule has 21 heavy (non-hydrogen) atoms. The molecule has 0 unspecified atom stereocenters. The zero-order valence-corrected chi connectivity index (χ0v) is 14.0. The molecule has 0 radical (unpaired) electrons. The van der Waals surface area contributed by atoms with Gasteiger partial charge in [0, 0.05) is 25.6 Å². The van der Waals surface area contributed by atoms with E-state index >= 15 is 0 Å². The third-order valence-electron chi connectivity index (χ3n) is 4.23. The van der Waals surface area contributed by atoms with Crippen LogP contribution >= 0.6 is 24.8 Å². The molecule has 6 heteroatoms. The second-order valence-corrected chi connectivity index (χ2v) is 5.73. The molecule has 120 valence electrons. The second-order valence-electron chi connectivity index (χ2n) is 5.73. The van der Waals surface area contributed by atoms with E-state index in [1.807, 2.05) is 0 Å². The predicted molar refractivity (Wildman–Crippen MR) is 90.1 cm³/mol. The molecule has 1 N–H and O–H groups in total. The fraction of sp³-hybridized carbons (Fsp3) is 0.667. The topological polar surface area (TPSA) is 28.2 Å². The van der Waals surface area contributed by atoms with Crippen molar-refractivity contribution in [3.63, 3.8) is 0 Å². The van der Waals surface area contributed by atoms with Gasteiger partial charge in [0.25, 0.3) is 0 Å². The Hall–Kier alpha value is -0.580. The number of piperidine rings is 1. The highest BCUT2D eigenvalue weighted by Gasteiger charge is 2.22.